The molecule has 0 fully saturated rings. The summed E-state index contributed by atoms with van der Waals surface area (Å²) in [6, 6.07) is 7.99. The zero-order chi connectivity index (χ0) is 25.3. The number of benzene rings is 2. The number of carbonyl (C=O) groups excluding carboxylic acids is 1. The highest BCUT2D eigenvalue weighted by Crippen LogP contribution is 2.49. The van der Waals surface area contributed by atoms with Crippen molar-refractivity contribution < 1.29 is 36.0 Å². The maximum Gasteiger partial charge on any atom is 0.435 e. The zero-order valence-corrected chi connectivity index (χ0v) is 18.9. The number of nitrogens with zero attached hydrogens (tertiary/aromatic N) is 1. The van der Waals surface area contributed by atoms with Gasteiger partial charge in [0.05, 0.1) is 5.71 Å². The number of hydrogen-bond acceptors (Lipinski definition) is 3. The van der Waals surface area contributed by atoms with Crippen molar-refractivity contribution in [3.63, 3.8) is 0 Å². The second kappa shape index (κ2) is 9.65. The Kier molecular flexibility index (Phi) is 7.43. The minimum Gasteiger partial charge on any atom is -0.374 e. The van der Waals surface area contributed by atoms with E-state index >= 15 is 0 Å². The van der Waals surface area contributed by atoms with Crippen molar-refractivity contribution in [3.8, 4) is 0 Å². The number of nitrogens with one attached hydrogen (secondary N) is 1. The second-order valence-electron chi connectivity index (χ2n) is 7.56. The Balaban J connectivity index is 1.76. The van der Waals surface area contributed by atoms with Gasteiger partial charge in [0.2, 0.25) is 5.91 Å². The van der Waals surface area contributed by atoms with E-state index in [2.05, 4.69) is 11.6 Å². The van der Waals surface area contributed by atoms with Crippen molar-refractivity contribution in [1.29, 1.82) is 0 Å². The molecule has 0 saturated heterocycles. The molecule has 2 radical (unpaired) electrons. The van der Waals surface area contributed by atoms with Gasteiger partial charge in [0.15, 0.2) is 0 Å². The monoisotopic (exact) mass is 524 g/mol. The Bertz CT molecular complexity index is 1100. The van der Waals surface area contributed by atoms with E-state index in [1.54, 1.807) is 12.2 Å². The van der Waals surface area contributed by atoms with E-state index in [4.69, 9.17) is 28.0 Å². The first-order valence-corrected chi connectivity index (χ1v) is 10.4. The third-order valence-corrected chi connectivity index (χ3v) is 5.44. The first-order valence-electron chi connectivity index (χ1n) is 9.67. The van der Waals surface area contributed by atoms with E-state index in [-0.39, 0.29) is 21.3 Å². The van der Waals surface area contributed by atoms with Crippen molar-refractivity contribution in [2.24, 2.45) is 5.16 Å². The van der Waals surface area contributed by atoms with Crippen molar-refractivity contribution in [1.82, 2.24) is 5.32 Å². The summed E-state index contributed by atoms with van der Waals surface area (Å²) in [7, 11) is 0. The van der Waals surface area contributed by atoms with Crippen molar-refractivity contribution >= 4 is 34.8 Å². The fourth-order valence-corrected chi connectivity index (χ4v) is 3.85. The van der Waals surface area contributed by atoms with Gasteiger partial charge < -0.3 is 10.2 Å². The molecule has 1 aliphatic rings. The first kappa shape index (κ1) is 26.2. The van der Waals surface area contributed by atoms with E-state index in [9.17, 15) is 31.1 Å². The molecule has 1 atom stereocenters. The maximum atomic E-state index is 14.1. The van der Waals surface area contributed by atoms with Gasteiger partial charge in [-0.15, -0.1) is 0 Å². The summed E-state index contributed by atoms with van der Waals surface area (Å²) in [4.78, 5) is 16.5. The average molecular weight is 525 g/mol. The van der Waals surface area contributed by atoms with Crippen LogP contribution < -0.4 is 5.32 Å². The van der Waals surface area contributed by atoms with Gasteiger partial charge in [-0.25, -0.2) is 0 Å². The molecular formula is C22H16Cl2F6N2O2. The zero-order valence-electron chi connectivity index (χ0n) is 17.4. The van der Waals surface area contributed by atoms with Gasteiger partial charge in [-0.1, -0.05) is 40.5 Å². The molecule has 4 nitrogen and oxygen atoms in total. The molecule has 12 heteroatoms. The largest absolute Gasteiger partial charge is 0.435 e. The molecule has 1 amide bonds. The summed E-state index contributed by atoms with van der Waals surface area (Å²) in [5, 5.41) is 5.42. The number of amides is 1. The number of carbonyl (C=O) groups is 1. The number of rotatable bonds is 6. The van der Waals surface area contributed by atoms with E-state index in [1.165, 1.54) is 24.3 Å². The Hall–Kier alpha value is -2.46. The highest BCUT2D eigenvalue weighted by Gasteiger charge is 2.62. The molecule has 1 unspecified atom stereocenters. The smallest absolute Gasteiger partial charge is 0.374 e. The third-order valence-electron chi connectivity index (χ3n) is 5.00. The molecule has 2 aromatic carbocycles. The van der Waals surface area contributed by atoms with Crippen molar-refractivity contribution in [3.05, 3.63) is 75.1 Å². The number of halogens is 8. The van der Waals surface area contributed by atoms with Crippen LogP contribution in [0.3, 0.4) is 0 Å². The van der Waals surface area contributed by atoms with Crippen LogP contribution in [0.1, 0.15) is 35.1 Å². The molecule has 0 aliphatic carbocycles. The topological polar surface area (TPSA) is 50.7 Å². The van der Waals surface area contributed by atoms with Crippen molar-refractivity contribution in [2.75, 3.05) is 6.54 Å². The van der Waals surface area contributed by atoms with Crippen LogP contribution in [0.5, 0.6) is 0 Å². The lowest BCUT2D eigenvalue weighted by Crippen LogP contribution is -2.42. The molecule has 0 aromatic heterocycles. The maximum absolute atomic E-state index is 14.1. The lowest BCUT2D eigenvalue weighted by Gasteiger charge is -2.29. The van der Waals surface area contributed by atoms with Crippen LogP contribution >= 0.6 is 23.2 Å². The first-order chi connectivity index (χ1) is 15.7. The lowest BCUT2D eigenvalue weighted by molar-refractivity contribution is -0.275. The second-order valence-corrected chi connectivity index (χ2v) is 8.44. The predicted molar refractivity (Wildman–Crippen MR) is 114 cm³/mol. The molecule has 1 N–H and O–H groups in total. The summed E-state index contributed by atoms with van der Waals surface area (Å²) in [6.07, 6.45) is -7.75. The summed E-state index contributed by atoms with van der Waals surface area (Å²) in [5.41, 5.74) is -1.78. The quantitative estimate of drug-likeness (QED) is 0.445. The fraction of sp³-hybridized carbons (Fsp3) is 0.318. The Morgan fingerprint density at radius 1 is 1.12 bits per heavy atom. The molecule has 1 heterocycles. The van der Waals surface area contributed by atoms with Crippen LogP contribution in [0.15, 0.2) is 41.6 Å². The van der Waals surface area contributed by atoms with E-state index < -0.39 is 43.2 Å². The van der Waals surface area contributed by atoms with Gasteiger partial charge >= 0.3 is 12.4 Å². The van der Waals surface area contributed by atoms with Gasteiger partial charge in [0, 0.05) is 34.9 Å². The highest BCUT2D eigenvalue weighted by atomic mass is 35.5. The standard InChI is InChI=1S/C22H16Cl2F6N2O2/c1-12-6-14(3-2-13(12)4-5-19(33)31-11-21(25,26)27)18-10-20(34-32-18,22(28,29)30)15-7-16(23)9-17(24)8-15/h2-3,6-9H,5,10-11H2,1H3,(H,31,33). The van der Waals surface area contributed by atoms with Crippen LogP contribution in [0, 0.1) is 13.3 Å². The molecular weight excluding hydrogens is 509 g/mol. The molecule has 2 aromatic rings. The number of hydrogen-bond donors (Lipinski definition) is 1. The van der Waals surface area contributed by atoms with E-state index in [1.807, 2.05) is 0 Å². The summed E-state index contributed by atoms with van der Waals surface area (Å²) in [6.45, 7) is 0.160. The highest BCUT2D eigenvalue weighted by molar-refractivity contribution is 6.34. The minimum atomic E-state index is -4.84. The molecule has 3 rings (SSSR count). The van der Waals surface area contributed by atoms with Gasteiger partial charge in [-0.2, -0.15) is 26.3 Å². The Morgan fingerprint density at radius 2 is 1.76 bits per heavy atom. The van der Waals surface area contributed by atoms with Crippen LogP contribution in [-0.4, -0.2) is 30.5 Å². The van der Waals surface area contributed by atoms with E-state index in [0.29, 0.717) is 16.7 Å². The lowest BCUT2D eigenvalue weighted by atomic mass is 9.86. The van der Waals surface area contributed by atoms with Crippen LogP contribution in [0.4, 0.5) is 26.3 Å². The molecule has 182 valence electrons. The van der Waals surface area contributed by atoms with Gasteiger partial charge in [0.1, 0.15) is 6.54 Å². The fourth-order valence-electron chi connectivity index (χ4n) is 3.32. The molecule has 0 spiro atoms. The minimum absolute atomic E-state index is 0.00807. The number of alkyl halides is 6. The normalized spacial score (nSPS) is 18.4. The molecule has 0 saturated carbocycles. The van der Waals surface area contributed by atoms with Crippen LogP contribution in [0.25, 0.3) is 0 Å². The molecule has 0 bridgehead atoms. The summed E-state index contributed by atoms with van der Waals surface area (Å²) >= 11 is 11.8. The summed E-state index contributed by atoms with van der Waals surface area (Å²) in [5.74, 6) is -0.871. The summed E-state index contributed by atoms with van der Waals surface area (Å²) < 4.78 is 78.8. The Labute approximate surface area is 200 Å². The van der Waals surface area contributed by atoms with Gasteiger partial charge in [0.25, 0.3) is 5.60 Å². The molecule has 1 aliphatic heterocycles. The number of aryl methyl sites for hydroxylation is 1. The predicted octanol–water partition coefficient (Wildman–Crippen LogP) is 6.38. The van der Waals surface area contributed by atoms with Crippen LogP contribution in [0.2, 0.25) is 10.0 Å². The van der Waals surface area contributed by atoms with Crippen molar-refractivity contribution in [2.45, 2.75) is 37.7 Å². The van der Waals surface area contributed by atoms with Crippen LogP contribution in [-0.2, 0) is 15.2 Å². The van der Waals surface area contributed by atoms with Gasteiger partial charge in [-0.3, -0.25) is 4.79 Å². The van der Waals surface area contributed by atoms with Gasteiger partial charge in [-0.05, 0) is 47.9 Å². The molecule has 34 heavy (non-hydrogen) atoms. The van der Waals surface area contributed by atoms with E-state index in [0.717, 1.165) is 12.1 Å². The number of oxime groups is 1. The SMILES string of the molecule is Cc1cc(C2=NOC(c3cc(Cl)cc(Cl)c3)(C(F)(F)F)C2)ccc1[C]CC(=O)NCC(F)(F)F. The Morgan fingerprint density at radius 3 is 2.32 bits per heavy atom. The average Bonchev–Trinajstić information content (AvgIpc) is 3.17. The third kappa shape index (κ3) is 5.96.